The van der Waals surface area contributed by atoms with E-state index in [0.29, 0.717) is 11.8 Å². The zero-order valence-electron chi connectivity index (χ0n) is 10.1. The van der Waals surface area contributed by atoms with E-state index in [1.807, 2.05) is 12.1 Å². The quantitative estimate of drug-likeness (QED) is 0.839. The van der Waals surface area contributed by atoms with Crippen LogP contribution in [0.25, 0.3) is 0 Å². The number of piperidine rings is 1. The molecule has 0 aromatic heterocycles. The van der Waals surface area contributed by atoms with Crippen LogP contribution in [0, 0.1) is 5.92 Å². The molecule has 92 valence electrons. The van der Waals surface area contributed by atoms with Gasteiger partial charge in [0, 0.05) is 0 Å². The summed E-state index contributed by atoms with van der Waals surface area (Å²) in [5, 5.41) is 12.2. The van der Waals surface area contributed by atoms with Crippen LogP contribution in [0.1, 0.15) is 30.4 Å². The van der Waals surface area contributed by atoms with Gasteiger partial charge in [0.2, 0.25) is 0 Å². The lowest BCUT2D eigenvalue weighted by Crippen LogP contribution is -2.33. The SMILES string of the molecule is C[C@@H]1CNCC[C@H]1c1cccc(CC(=O)O)c1. The van der Waals surface area contributed by atoms with Crippen molar-refractivity contribution in [2.45, 2.75) is 25.7 Å². The first-order valence-electron chi connectivity index (χ1n) is 6.18. The third-order valence-corrected chi connectivity index (χ3v) is 3.52. The lowest BCUT2D eigenvalue weighted by atomic mass is 9.82. The lowest BCUT2D eigenvalue weighted by molar-refractivity contribution is -0.136. The lowest BCUT2D eigenvalue weighted by Gasteiger charge is -2.30. The van der Waals surface area contributed by atoms with E-state index in [4.69, 9.17) is 5.11 Å². The maximum absolute atomic E-state index is 10.7. The van der Waals surface area contributed by atoms with Gasteiger partial charge >= 0.3 is 5.97 Å². The van der Waals surface area contributed by atoms with E-state index >= 15 is 0 Å². The molecule has 0 spiro atoms. The molecule has 0 unspecified atom stereocenters. The normalized spacial score (nSPS) is 24.5. The van der Waals surface area contributed by atoms with E-state index in [2.05, 4.69) is 24.4 Å². The number of benzene rings is 1. The molecule has 2 N–H and O–H groups in total. The third kappa shape index (κ3) is 3.07. The molecular weight excluding hydrogens is 214 g/mol. The Labute approximate surface area is 102 Å². The van der Waals surface area contributed by atoms with Crippen LogP contribution in [0.2, 0.25) is 0 Å². The van der Waals surface area contributed by atoms with Crippen LogP contribution in [0.5, 0.6) is 0 Å². The van der Waals surface area contributed by atoms with Crippen molar-refractivity contribution in [3.05, 3.63) is 35.4 Å². The van der Waals surface area contributed by atoms with E-state index in [9.17, 15) is 4.79 Å². The van der Waals surface area contributed by atoms with Crippen LogP contribution in [0.4, 0.5) is 0 Å². The molecular formula is C14H19NO2. The van der Waals surface area contributed by atoms with Gasteiger partial charge in [0.1, 0.15) is 0 Å². The molecule has 0 radical (unpaired) electrons. The molecule has 1 fully saturated rings. The van der Waals surface area contributed by atoms with E-state index in [-0.39, 0.29) is 6.42 Å². The molecule has 0 saturated carbocycles. The molecule has 1 saturated heterocycles. The minimum Gasteiger partial charge on any atom is -0.481 e. The summed E-state index contributed by atoms with van der Waals surface area (Å²) in [6.45, 7) is 4.35. The summed E-state index contributed by atoms with van der Waals surface area (Å²) in [6, 6.07) is 8.05. The minimum atomic E-state index is -0.763. The summed E-state index contributed by atoms with van der Waals surface area (Å²) in [5.74, 6) is 0.411. The predicted molar refractivity (Wildman–Crippen MR) is 67.2 cm³/mol. The average molecular weight is 233 g/mol. The van der Waals surface area contributed by atoms with E-state index < -0.39 is 5.97 Å². The highest BCUT2D eigenvalue weighted by atomic mass is 16.4. The van der Waals surface area contributed by atoms with Gasteiger partial charge in [0.05, 0.1) is 6.42 Å². The molecule has 0 aliphatic carbocycles. The molecule has 1 aromatic carbocycles. The van der Waals surface area contributed by atoms with Gasteiger partial charge in [0.25, 0.3) is 0 Å². The first-order valence-corrected chi connectivity index (χ1v) is 6.18. The monoisotopic (exact) mass is 233 g/mol. The van der Waals surface area contributed by atoms with Crippen molar-refractivity contribution in [3.8, 4) is 0 Å². The number of carboxylic acid groups (broad SMARTS) is 1. The standard InChI is InChI=1S/C14H19NO2/c1-10-9-15-6-5-13(10)12-4-2-3-11(7-12)8-14(16)17/h2-4,7,10,13,15H,5-6,8-9H2,1H3,(H,16,17)/t10-,13-/m1/s1. The number of carboxylic acids is 1. The molecule has 1 aromatic rings. The van der Waals surface area contributed by atoms with Crippen molar-refractivity contribution in [2.75, 3.05) is 13.1 Å². The van der Waals surface area contributed by atoms with Gasteiger partial charge < -0.3 is 10.4 Å². The maximum atomic E-state index is 10.7. The molecule has 1 heterocycles. The highest BCUT2D eigenvalue weighted by Crippen LogP contribution is 2.30. The second-order valence-electron chi connectivity index (χ2n) is 4.89. The molecule has 1 aliphatic rings. The Kier molecular flexibility index (Phi) is 3.79. The third-order valence-electron chi connectivity index (χ3n) is 3.52. The van der Waals surface area contributed by atoms with Crippen molar-refractivity contribution in [1.82, 2.24) is 5.32 Å². The molecule has 2 rings (SSSR count). The summed E-state index contributed by atoms with van der Waals surface area (Å²) >= 11 is 0. The van der Waals surface area contributed by atoms with Gasteiger partial charge in [-0.2, -0.15) is 0 Å². The van der Waals surface area contributed by atoms with Crippen molar-refractivity contribution >= 4 is 5.97 Å². The summed E-state index contributed by atoms with van der Waals surface area (Å²) < 4.78 is 0. The predicted octanol–water partition coefficient (Wildman–Crippen LogP) is 2.03. The summed E-state index contributed by atoms with van der Waals surface area (Å²) in [4.78, 5) is 10.7. The molecule has 17 heavy (non-hydrogen) atoms. The van der Waals surface area contributed by atoms with Gasteiger partial charge in [-0.15, -0.1) is 0 Å². The number of hydrogen-bond donors (Lipinski definition) is 2. The maximum Gasteiger partial charge on any atom is 0.307 e. The smallest absolute Gasteiger partial charge is 0.307 e. The van der Waals surface area contributed by atoms with E-state index in [1.54, 1.807) is 0 Å². The zero-order valence-corrected chi connectivity index (χ0v) is 10.1. The summed E-state index contributed by atoms with van der Waals surface area (Å²) in [5.41, 5.74) is 2.19. The van der Waals surface area contributed by atoms with Gasteiger partial charge in [-0.3, -0.25) is 4.79 Å². The number of aliphatic carboxylic acids is 1. The second kappa shape index (κ2) is 5.32. The van der Waals surface area contributed by atoms with Crippen molar-refractivity contribution in [3.63, 3.8) is 0 Å². The Morgan fingerprint density at radius 1 is 1.53 bits per heavy atom. The molecule has 1 aliphatic heterocycles. The highest BCUT2D eigenvalue weighted by molar-refractivity contribution is 5.70. The van der Waals surface area contributed by atoms with Crippen LogP contribution >= 0.6 is 0 Å². The molecule has 2 atom stereocenters. The van der Waals surface area contributed by atoms with Crippen LogP contribution in [0.15, 0.2) is 24.3 Å². The molecule has 0 amide bonds. The number of carbonyl (C=O) groups is 1. The fraction of sp³-hybridized carbons (Fsp3) is 0.500. The van der Waals surface area contributed by atoms with Crippen molar-refractivity contribution in [2.24, 2.45) is 5.92 Å². The molecule has 3 nitrogen and oxygen atoms in total. The number of rotatable bonds is 3. The van der Waals surface area contributed by atoms with Gasteiger partial charge in [-0.05, 0) is 42.5 Å². The topological polar surface area (TPSA) is 49.3 Å². The first-order chi connectivity index (χ1) is 8.16. The van der Waals surface area contributed by atoms with Crippen molar-refractivity contribution < 1.29 is 9.90 Å². The van der Waals surface area contributed by atoms with Gasteiger partial charge in [-0.25, -0.2) is 0 Å². The minimum absolute atomic E-state index is 0.118. The highest BCUT2D eigenvalue weighted by Gasteiger charge is 2.22. The summed E-state index contributed by atoms with van der Waals surface area (Å²) in [6.07, 6.45) is 1.25. The zero-order chi connectivity index (χ0) is 12.3. The molecule has 3 heteroatoms. The van der Waals surface area contributed by atoms with Crippen LogP contribution < -0.4 is 5.32 Å². The second-order valence-corrected chi connectivity index (χ2v) is 4.89. The Bertz CT molecular complexity index is 403. The fourth-order valence-electron chi connectivity index (χ4n) is 2.62. The largest absolute Gasteiger partial charge is 0.481 e. The number of nitrogens with one attached hydrogen (secondary N) is 1. The van der Waals surface area contributed by atoms with E-state index in [1.165, 1.54) is 5.56 Å². The van der Waals surface area contributed by atoms with Gasteiger partial charge in [-0.1, -0.05) is 31.2 Å². The Balaban J connectivity index is 2.17. The average Bonchev–Trinajstić information content (AvgIpc) is 2.29. The Morgan fingerprint density at radius 3 is 3.06 bits per heavy atom. The van der Waals surface area contributed by atoms with Crippen LogP contribution in [0.3, 0.4) is 0 Å². The van der Waals surface area contributed by atoms with Crippen LogP contribution in [-0.2, 0) is 11.2 Å². The Hall–Kier alpha value is -1.35. The van der Waals surface area contributed by atoms with Crippen molar-refractivity contribution in [1.29, 1.82) is 0 Å². The Morgan fingerprint density at radius 2 is 2.35 bits per heavy atom. The van der Waals surface area contributed by atoms with Crippen LogP contribution in [-0.4, -0.2) is 24.2 Å². The fourth-order valence-corrected chi connectivity index (χ4v) is 2.62. The van der Waals surface area contributed by atoms with E-state index in [0.717, 1.165) is 25.1 Å². The first kappa shape index (κ1) is 12.1. The summed E-state index contributed by atoms with van der Waals surface area (Å²) in [7, 11) is 0. The number of hydrogen-bond acceptors (Lipinski definition) is 2. The van der Waals surface area contributed by atoms with Gasteiger partial charge in [0.15, 0.2) is 0 Å². The molecule has 0 bridgehead atoms.